The molecule has 5 rings (SSSR count). The first-order chi connectivity index (χ1) is 16.7. The van der Waals surface area contributed by atoms with E-state index in [4.69, 9.17) is 19.8 Å². The molecular weight excluding hydrogens is 431 g/mol. The van der Waals surface area contributed by atoms with Crippen LogP contribution in [0.15, 0.2) is 49.2 Å². The lowest BCUT2D eigenvalue weighted by atomic mass is 9.69. The minimum atomic E-state index is 0.352. The second kappa shape index (κ2) is 9.94. The van der Waals surface area contributed by atoms with Crippen molar-refractivity contribution in [3.05, 3.63) is 49.2 Å². The smallest absolute Gasteiger partial charge is 0.374 e. The first-order valence-electron chi connectivity index (χ1n) is 11.5. The minimum absolute atomic E-state index is 0.352. The summed E-state index contributed by atoms with van der Waals surface area (Å²) in [5.41, 5.74) is 3.22. The molecule has 173 valence electrons. The molecule has 0 saturated heterocycles. The summed E-state index contributed by atoms with van der Waals surface area (Å²) in [6, 6.07) is 8.19. The third kappa shape index (κ3) is 4.73. The van der Waals surface area contributed by atoms with Crippen molar-refractivity contribution in [1.82, 2.24) is 29.3 Å². The number of hydrogen-bond acceptors (Lipinski definition) is 8. The first kappa shape index (κ1) is 21.9. The number of anilines is 2. The second-order valence-corrected chi connectivity index (χ2v) is 8.24. The molecular formula is C23H26BN8O2. The number of fused-ring (bicyclic) bond motifs is 1. The Hall–Kier alpha value is -3.89. The fourth-order valence-corrected chi connectivity index (χ4v) is 4.31. The lowest BCUT2D eigenvalue weighted by Gasteiger charge is -2.27. The molecule has 0 atom stereocenters. The van der Waals surface area contributed by atoms with Gasteiger partial charge in [-0.05, 0) is 49.8 Å². The lowest BCUT2D eigenvalue weighted by Crippen LogP contribution is -2.19. The van der Waals surface area contributed by atoms with Gasteiger partial charge in [0.15, 0.2) is 5.65 Å². The van der Waals surface area contributed by atoms with Gasteiger partial charge in [-0.1, -0.05) is 12.8 Å². The second-order valence-electron chi connectivity index (χ2n) is 8.24. The summed E-state index contributed by atoms with van der Waals surface area (Å²) < 4.78 is 14.5. The molecule has 3 heterocycles. The number of ether oxygens (including phenoxy) is 1. The van der Waals surface area contributed by atoms with E-state index in [-0.39, 0.29) is 0 Å². The molecule has 1 aliphatic carbocycles. The van der Waals surface area contributed by atoms with Gasteiger partial charge in [0.1, 0.15) is 24.0 Å². The summed E-state index contributed by atoms with van der Waals surface area (Å²) in [5.74, 6) is 1.71. The Balaban J connectivity index is 1.28. The first-order valence-corrected chi connectivity index (χ1v) is 11.5. The molecule has 0 aliphatic heterocycles. The van der Waals surface area contributed by atoms with Crippen LogP contribution in [0.2, 0.25) is 5.82 Å². The van der Waals surface area contributed by atoms with Gasteiger partial charge in [-0.2, -0.15) is 10.1 Å². The highest BCUT2D eigenvalue weighted by molar-refractivity contribution is 6.31. The maximum Gasteiger partial charge on any atom is 0.374 e. The maximum absolute atomic E-state index is 6.98. The zero-order chi connectivity index (χ0) is 23.3. The highest BCUT2D eigenvalue weighted by Gasteiger charge is 2.24. The van der Waals surface area contributed by atoms with Gasteiger partial charge in [0.2, 0.25) is 5.95 Å². The zero-order valence-electron chi connectivity index (χ0n) is 19.0. The Morgan fingerprint density at radius 2 is 1.97 bits per heavy atom. The Morgan fingerprint density at radius 1 is 1.15 bits per heavy atom. The standard InChI is InChI=1S/C23H26BN8O2/c1-2-33-20-9-7-18(8-10-20)31-15-27-21-12-26-23(30-22(21)31)29-17-11-28-32(13-17)19-5-3-16(4-6-19)24-34-14-25/h7-16,19,25H,2-6H2,1H3,(H,26,29,30). The van der Waals surface area contributed by atoms with E-state index in [2.05, 4.69) is 20.4 Å². The maximum atomic E-state index is 6.98. The van der Waals surface area contributed by atoms with Crippen LogP contribution in [0.5, 0.6) is 5.75 Å². The quantitative estimate of drug-likeness (QED) is 0.219. The number of rotatable bonds is 9. The van der Waals surface area contributed by atoms with Crippen LogP contribution in [0.1, 0.15) is 38.6 Å². The molecule has 0 amide bonds. The predicted molar refractivity (Wildman–Crippen MR) is 130 cm³/mol. The van der Waals surface area contributed by atoms with Crippen molar-refractivity contribution < 1.29 is 9.39 Å². The fourth-order valence-electron chi connectivity index (χ4n) is 4.31. The van der Waals surface area contributed by atoms with Crippen LogP contribution in [0.4, 0.5) is 11.6 Å². The largest absolute Gasteiger partial charge is 0.555 e. The van der Waals surface area contributed by atoms with Crippen molar-refractivity contribution in [1.29, 1.82) is 5.41 Å². The number of hydrogen-bond donors (Lipinski definition) is 2. The highest BCUT2D eigenvalue weighted by atomic mass is 16.5. The van der Waals surface area contributed by atoms with E-state index in [1.165, 1.54) is 0 Å². The number of imidazole rings is 1. The van der Waals surface area contributed by atoms with Crippen molar-refractivity contribution in [3.8, 4) is 11.4 Å². The number of aromatic nitrogens is 6. The Kier molecular flexibility index (Phi) is 6.41. The Bertz CT molecular complexity index is 1250. The van der Waals surface area contributed by atoms with Gasteiger partial charge in [0.25, 0.3) is 0 Å². The van der Waals surface area contributed by atoms with E-state index in [0.717, 1.165) is 60.4 Å². The third-order valence-corrected chi connectivity index (χ3v) is 6.03. The van der Waals surface area contributed by atoms with Crippen LogP contribution < -0.4 is 10.1 Å². The average Bonchev–Trinajstić information content (AvgIpc) is 3.51. The molecule has 10 nitrogen and oxygen atoms in total. The minimum Gasteiger partial charge on any atom is -0.555 e. The molecule has 2 N–H and O–H groups in total. The zero-order valence-corrected chi connectivity index (χ0v) is 19.0. The van der Waals surface area contributed by atoms with Crippen molar-refractivity contribution in [2.24, 2.45) is 0 Å². The summed E-state index contributed by atoms with van der Waals surface area (Å²) >= 11 is 0. The van der Waals surface area contributed by atoms with Crippen LogP contribution >= 0.6 is 0 Å². The van der Waals surface area contributed by atoms with Crippen LogP contribution in [0.25, 0.3) is 16.9 Å². The van der Waals surface area contributed by atoms with Crippen LogP contribution in [-0.4, -0.2) is 49.8 Å². The van der Waals surface area contributed by atoms with Gasteiger partial charge < -0.3 is 14.7 Å². The summed E-state index contributed by atoms with van der Waals surface area (Å²) in [6.45, 7) is 2.60. The molecule has 4 aromatic rings. The van der Waals surface area contributed by atoms with E-state index < -0.39 is 0 Å². The van der Waals surface area contributed by atoms with Crippen molar-refractivity contribution in [2.75, 3.05) is 11.9 Å². The van der Waals surface area contributed by atoms with E-state index >= 15 is 0 Å². The average molecular weight is 457 g/mol. The van der Waals surface area contributed by atoms with Crippen molar-refractivity contribution in [3.63, 3.8) is 0 Å². The predicted octanol–water partition coefficient (Wildman–Crippen LogP) is 4.30. The number of nitrogens with one attached hydrogen (secondary N) is 2. The van der Waals surface area contributed by atoms with Gasteiger partial charge in [-0.15, -0.1) is 0 Å². The van der Waals surface area contributed by atoms with Crippen molar-refractivity contribution in [2.45, 2.75) is 44.5 Å². The molecule has 1 fully saturated rings. The van der Waals surface area contributed by atoms with E-state index in [9.17, 15) is 0 Å². The fraction of sp³-hybridized carbons (Fsp3) is 0.348. The van der Waals surface area contributed by atoms with Gasteiger partial charge in [-0.25, -0.2) is 9.97 Å². The molecule has 1 aliphatic rings. The van der Waals surface area contributed by atoms with Crippen LogP contribution in [0, 0.1) is 5.41 Å². The summed E-state index contributed by atoms with van der Waals surface area (Å²) in [5, 5.41) is 14.8. The Labute approximate surface area is 198 Å². The van der Waals surface area contributed by atoms with Crippen LogP contribution in [-0.2, 0) is 4.65 Å². The van der Waals surface area contributed by atoms with E-state index in [1.54, 1.807) is 26.2 Å². The van der Waals surface area contributed by atoms with E-state index in [1.807, 2.05) is 46.6 Å². The molecule has 0 spiro atoms. The van der Waals surface area contributed by atoms with Crippen molar-refractivity contribution >= 4 is 36.7 Å². The van der Waals surface area contributed by atoms with Crippen LogP contribution in [0.3, 0.4) is 0 Å². The SMILES string of the molecule is CCOc1ccc(-n2cnc3cnc(Nc4cnn(C5CCC([B]OC=N)CC5)c4)nc32)cc1. The molecule has 1 radical (unpaired) electrons. The molecule has 3 aromatic heterocycles. The molecule has 0 bridgehead atoms. The van der Waals surface area contributed by atoms with Gasteiger partial charge in [0, 0.05) is 11.9 Å². The summed E-state index contributed by atoms with van der Waals surface area (Å²) in [6.07, 6.45) is 12.3. The number of nitrogens with zero attached hydrogens (tertiary/aromatic N) is 6. The lowest BCUT2D eigenvalue weighted by molar-refractivity contribution is 0.322. The molecule has 1 aromatic carbocycles. The summed E-state index contributed by atoms with van der Waals surface area (Å²) in [7, 11) is 1.77. The van der Waals surface area contributed by atoms with Gasteiger partial charge in [-0.3, -0.25) is 14.7 Å². The topological polar surface area (TPSA) is 116 Å². The molecule has 11 heteroatoms. The molecule has 0 unspecified atom stereocenters. The summed E-state index contributed by atoms with van der Waals surface area (Å²) in [4.78, 5) is 13.5. The van der Waals surface area contributed by atoms with Gasteiger partial charge >= 0.3 is 7.48 Å². The van der Waals surface area contributed by atoms with Gasteiger partial charge in [0.05, 0.1) is 30.7 Å². The molecule has 34 heavy (non-hydrogen) atoms. The monoisotopic (exact) mass is 457 g/mol. The normalized spacial score (nSPS) is 17.9. The van der Waals surface area contributed by atoms with E-state index in [0.29, 0.717) is 24.4 Å². The molecule has 1 saturated carbocycles. The number of benzene rings is 1. The Morgan fingerprint density at radius 3 is 2.74 bits per heavy atom. The third-order valence-electron chi connectivity index (χ3n) is 6.03. The highest BCUT2D eigenvalue weighted by Crippen LogP contribution is 2.35.